The molecule has 1 aliphatic rings. The van der Waals surface area contributed by atoms with Gasteiger partial charge >= 0.3 is 5.97 Å². The molecule has 0 N–H and O–H groups in total. The number of nitrogens with zero attached hydrogens (tertiary/aromatic N) is 5. The Hall–Kier alpha value is -3.89. The van der Waals surface area contributed by atoms with Crippen LogP contribution in [0, 0.1) is 0 Å². The van der Waals surface area contributed by atoms with Gasteiger partial charge in [-0.25, -0.2) is 9.78 Å². The van der Waals surface area contributed by atoms with E-state index >= 15 is 0 Å². The molecule has 5 rings (SSSR count). The normalized spacial score (nSPS) is 17.9. The van der Waals surface area contributed by atoms with E-state index in [2.05, 4.69) is 62.4 Å². The van der Waals surface area contributed by atoms with Crippen LogP contribution in [0.15, 0.2) is 61.1 Å². The second-order valence-corrected chi connectivity index (χ2v) is 28.0. The SMILES string of the molecule is CCO/C=C\c1c(N(COCC[Si](C)(C)C)COCC[Si](C)(C)C)n2ncc(-c3ccc(-c4ccccc4)nc3)c2nc1[C@H]1CC[C@](OC)(C(=O)OC)CC1. The van der Waals surface area contributed by atoms with Gasteiger partial charge in [-0.3, -0.25) is 4.98 Å². The number of carbonyl (C=O) groups is 1. The summed E-state index contributed by atoms with van der Waals surface area (Å²) in [6, 6.07) is 16.4. The zero-order valence-corrected chi connectivity index (χ0v) is 36.4. The fourth-order valence-electron chi connectivity index (χ4n) is 6.83. The number of methoxy groups -OCH3 is 2. The van der Waals surface area contributed by atoms with Crippen molar-refractivity contribution < 1.29 is 28.5 Å². The van der Waals surface area contributed by atoms with Crippen molar-refractivity contribution in [2.24, 2.45) is 0 Å². The van der Waals surface area contributed by atoms with Crippen molar-refractivity contribution in [3.05, 3.63) is 72.4 Å². The summed E-state index contributed by atoms with van der Waals surface area (Å²) in [4.78, 5) is 25.4. The number of carbonyl (C=O) groups excluding carboxylic acids is 1. The molecule has 0 unspecified atom stereocenters. The minimum absolute atomic E-state index is 0.0155. The van der Waals surface area contributed by atoms with E-state index in [-0.39, 0.29) is 11.9 Å². The summed E-state index contributed by atoms with van der Waals surface area (Å²) in [7, 11) is 0.351. The third-order valence-corrected chi connectivity index (χ3v) is 13.7. The Balaban J connectivity index is 1.66. The van der Waals surface area contributed by atoms with E-state index in [0.717, 1.165) is 51.5 Å². The molecule has 13 heteroatoms. The lowest BCUT2D eigenvalue weighted by Gasteiger charge is -2.37. The number of ether oxygens (including phenoxy) is 5. The number of fused-ring (bicyclic) bond motifs is 1. The molecule has 0 bridgehead atoms. The maximum absolute atomic E-state index is 12.9. The third-order valence-electron chi connectivity index (χ3n) is 10.2. The molecule has 0 aliphatic heterocycles. The van der Waals surface area contributed by atoms with Crippen LogP contribution in [0.2, 0.25) is 51.4 Å². The van der Waals surface area contributed by atoms with Crippen LogP contribution >= 0.6 is 0 Å². The van der Waals surface area contributed by atoms with Gasteiger partial charge in [0.05, 0.1) is 37.6 Å². The molecule has 1 saturated carbocycles. The number of rotatable bonds is 19. The van der Waals surface area contributed by atoms with Crippen molar-refractivity contribution >= 4 is 39.7 Å². The number of esters is 1. The summed E-state index contributed by atoms with van der Waals surface area (Å²) in [6.45, 7) is 18.6. The van der Waals surface area contributed by atoms with Gasteiger partial charge in [-0.05, 0) is 56.8 Å². The molecule has 55 heavy (non-hydrogen) atoms. The van der Waals surface area contributed by atoms with Gasteiger partial charge in [0.2, 0.25) is 0 Å². The van der Waals surface area contributed by atoms with Crippen molar-refractivity contribution in [1.29, 1.82) is 0 Å². The van der Waals surface area contributed by atoms with Crippen LogP contribution in [0.3, 0.4) is 0 Å². The fourth-order valence-corrected chi connectivity index (χ4v) is 8.35. The monoisotopic (exact) mass is 787 g/mol. The first-order valence-corrected chi connectivity index (χ1v) is 27.0. The highest BCUT2D eigenvalue weighted by atomic mass is 28.3. The Labute approximate surface area is 329 Å². The molecule has 3 aromatic heterocycles. The Morgan fingerprint density at radius 2 is 1.56 bits per heavy atom. The number of anilines is 1. The van der Waals surface area contributed by atoms with E-state index < -0.39 is 21.7 Å². The van der Waals surface area contributed by atoms with Gasteiger partial charge in [-0.1, -0.05) is 75.7 Å². The molecule has 4 aromatic rings. The highest BCUT2D eigenvalue weighted by molar-refractivity contribution is 6.76. The van der Waals surface area contributed by atoms with E-state index in [4.69, 9.17) is 38.8 Å². The molecular formula is C42H61N5O6Si2. The molecule has 0 spiro atoms. The Morgan fingerprint density at radius 1 is 0.909 bits per heavy atom. The maximum atomic E-state index is 12.9. The Kier molecular flexibility index (Phi) is 14.5. The molecule has 1 fully saturated rings. The Bertz CT molecular complexity index is 1840. The van der Waals surface area contributed by atoms with Gasteiger partial charge in [0.1, 0.15) is 19.3 Å². The minimum Gasteiger partial charge on any atom is -0.501 e. The van der Waals surface area contributed by atoms with Gasteiger partial charge in [0, 0.05) is 70.8 Å². The lowest BCUT2D eigenvalue weighted by Crippen LogP contribution is -2.44. The molecule has 0 saturated heterocycles. The zero-order valence-electron chi connectivity index (χ0n) is 34.4. The highest BCUT2D eigenvalue weighted by Gasteiger charge is 2.44. The topological polar surface area (TPSA) is 110 Å². The second-order valence-electron chi connectivity index (χ2n) is 16.8. The van der Waals surface area contributed by atoms with Gasteiger partial charge in [0.15, 0.2) is 11.2 Å². The minimum atomic E-state index is -1.33. The number of hydrogen-bond acceptors (Lipinski definition) is 10. The molecule has 0 amide bonds. The summed E-state index contributed by atoms with van der Waals surface area (Å²) in [5.74, 6) is 0.492. The van der Waals surface area contributed by atoms with Crippen molar-refractivity contribution in [2.45, 2.75) is 95.5 Å². The van der Waals surface area contributed by atoms with Crippen LogP contribution in [-0.2, 0) is 28.5 Å². The van der Waals surface area contributed by atoms with Crippen LogP contribution in [0.5, 0.6) is 0 Å². The lowest BCUT2D eigenvalue weighted by molar-refractivity contribution is -0.170. The first kappa shape index (κ1) is 42.3. The van der Waals surface area contributed by atoms with Crippen molar-refractivity contribution in [3.63, 3.8) is 0 Å². The van der Waals surface area contributed by atoms with Crippen molar-refractivity contribution in [3.8, 4) is 22.4 Å². The van der Waals surface area contributed by atoms with Gasteiger partial charge in [-0.2, -0.15) is 9.61 Å². The van der Waals surface area contributed by atoms with E-state index in [1.54, 1.807) is 13.4 Å². The van der Waals surface area contributed by atoms with Crippen LogP contribution < -0.4 is 4.90 Å². The maximum Gasteiger partial charge on any atom is 0.338 e. The fraction of sp³-hybridized carbons (Fsp3) is 0.524. The smallest absolute Gasteiger partial charge is 0.338 e. The number of hydrogen-bond donors (Lipinski definition) is 0. The summed E-state index contributed by atoms with van der Waals surface area (Å²) < 4.78 is 31.7. The summed E-state index contributed by atoms with van der Waals surface area (Å²) in [5, 5.41) is 5.01. The number of pyridine rings is 1. The standard InChI is InChI=1S/C42H61N5O6Si2/c1-10-51-23-20-35-38(33-18-21-42(50-3,22-19-33)41(48)49-2)45-39-36(34-16-17-37(43-28-34)32-14-12-11-13-15-32)29-44-47(39)40(35)46(30-52-24-26-54(4,5)6)31-53-25-27-55(7,8)9/h11-17,20,23,28-29,33H,10,18-19,21-22,24-27,30-31H2,1-9H3/b23-20-/t33-,42+. The number of aromatic nitrogens is 4. The molecule has 3 heterocycles. The quantitative estimate of drug-likeness (QED) is 0.0300. The first-order valence-electron chi connectivity index (χ1n) is 19.5. The molecule has 0 atom stereocenters. The summed E-state index contributed by atoms with van der Waals surface area (Å²) in [5.41, 5.74) is 5.23. The van der Waals surface area contributed by atoms with E-state index in [0.29, 0.717) is 64.6 Å². The lowest BCUT2D eigenvalue weighted by atomic mass is 9.76. The predicted octanol–water partition coefficient (Wildman–Crippen LogP) is 9.11. The van der Waals surface area contributed by atoms with Crippen LogP contribution in [-0.4, -0.2) is 94.8 Å². The van der Waals surface area contributed by atoms with Gasteiger partial charge in [-0.15, -0.1) is 0 Å². The van der Waals surface area contributed by atoms with E-state index in [9.17, 15) is 4.79 Å². The van der Waals surface area contributed by atoms with Crippen molar-refractivity contribution in [1.82, 2.24) is 19.6 Å². The molecular weight excluding hydrogens is 727 g/mol. The largest absolute Gasteiger partial charge is 0.501 e. The summed E-state index contributed by atoms with van der Waals surface area (Å²) >= 11 is 0. The van der Waals surface area contributed by atoms with Crippen molar-refractivity contribution in [2.75, 3.05) is 52.4 Å². The average Bonchev–Trinajstić information content (AvgIpc) is 3.60. The molecule has 298 valence electrons. The van der Waals surface area contributed by atoms with E-state index in [1.807, 2.05) is 54.2 Å². The Morgan fingerprint density at radius 3 is 2.11 bits per heavy atom. The molecule has 1 aromatic carbocycles. The zero-order chi connectivity index (χ0) is 39.6. The number of benzene rings is 1. The molecule has 1 aliphatic carbocycles. The van der Waals surface area contributed by atoms with Crippen LogP contribution in [0.1, 0.15) is 49.8 Å². The van der Waals surface area contributed by atoms with Gasteiger partial charge in [0.25, 0.3) is 0 Å². The third kappa shape index (κ3) is 10.9. The van der Waals surface area contributed by atoms with E-state index in [1.165, 1.54) is 7.11 Å². The van der Waals surface area contributed by atoms with Gasteiger partial charge < -0.3 is 28.6 Å². The summed E-state index contributed by atoms with van der Waals surface area (Å²) in [6.07, 6.45) is 9.87. The average molecular weight is 788 g/mol. The van der Waals surface area contributed by atoms with Crippen LogP contribution in [0.4, 0.5) is 5.82 Å². The predicted molar refractivity (Wildman–Crippen MR) is 226 cm³/mol. The second kappa shape index (κ2) is 18.8. The molecule has 0 radical (unpaired) electrons. The highest BCUT2D eigenvalue weighted by Crippen LogP contribution is 2.43. The van der Waals surface area contributed by atoms with Crippen LogP contribution in [0.25, 0.3) is 34.1 Å². The molecule has 11 nitrogen and oxygen atoms in total. The first-order chi connectivity index (χ1) is 26.3.